The molecule has 2 heterocycles. The molecule has 0 radical (unpaired) electrons. The normalized spacial score (nSPS) is 18.9. The Kier molecular flexibility index (Phi) is 2.02. The van der Waals surface area contributed by atoms with Crippen molar-refractivity contribution < 1.29 is 4.52 Å². The van der Waals surface area contributed by atoms with Crippen molar-refractivity contribution in [2.24, 2.45) is 0 Å². The maximum Gasteiger partial charge on any atom is 0.260 e. The minimum absolute atomic E-state index is 0.203. The van der Waals surface area contributed by atoms with Crippen molar-refractivity contribution in [3.8, 4) is 0 Å². The smallest absolute Gasteiger partial charge is 0.260 e. The molecule has 2 aromatic rings. The number of nitrogen functional groups attached to an aromatic ring is 1. The molecule has 5 heteroatoms. The average molecular weight is 216 g/mol. The lowest BCUT2D eigenvalue weighted by atomic mass is 9.94. The van der Waals surface area contributed by atoms with Crippen molar-refractivity contribution in [3.63, 3.8) is 0 Å². The van der Waals surface area contributed by atoms with Crippen LogP contribution in [0, 0.1) is 0 Å². The molecule has 0 amide bonds. The number of aromatic nitrogens is 2. The first-order valence-corrected chi connectivity index (χ1v) is 5.24. The van der Waals surface area contributed by atoms with E-state index in [1.165, 1.54) is 11.3 Å². The third-order valence-corrected chi connectivity index (χ3v) is 2.83. The number of nitrogens with two attached hydrogens (primary N) is 1. The minimum Gasteiger partial charge on any atom is -0.384 e. The van der Waals surface area contributed by atoms with Crippen molar-refractivity contribution >= 4 is 11.6 Å². The average Bonchev–Trinajstić information content (AvgIpc) is 2.75. The van der Waals surface area contributed by atoms with Crippen LogP contribution in [0.1, 0.15) is 17.4 Å². The zero-order valence-corrected chi connectivity index (χ0v) is 8.68. The van der Waals surface area contributed by atoms with Crippen molar-refractivity contribution in [1.29, 1.82) is 0 Å². The van der Waals surface area contributed by atoms with Gasteiger partial charge in [0, 0.05) is 12.2 Å². The fourth-order valence-electron chi connectivity index (χ4n) is 2.03. The summed E-state index contributed by atoms with van der Waals surface area (Å²) >= 11 is 0. The maximum absolute atomic E-state index is 5.44. The molecular weight excluding hydrogens is 204 g/mol. The molecule has 1 atom stereocenters. The lowest BCUT2D eigenvalue weighted by Crippen LogP contribution is -2.21. The highest BCUT2D eigenvalue weighted by Crippen LogP contribution is 2.29. The van der Waals surface area contributed by atoms with E-state index < -0.39 is 0 Å². The number of rotatable bonds is 1. The highest BCUT2D eigenvalue weighted by atomic mass is 16.5. The molecule has 5 nitrogen and oxygen atoms in total. The fraction of sp³-hybridized carbons (Fsp3) is 0.273. The molecule has 16 heavy (non-hydrogen) atoms. The highest BCUT2D eigenvalue weighted by molar-refractivity contribution is 5.53. The van der Waals surface area contributed by atoms with Crippen molar-refractivity contribution in [2.75, 3.05) is 17.6 Å². The maximum atomic E-state index is 5.44. The van der Waals surface area contributed by atoms with Gasteiger partial charge in [0.2, 0.25) is 5.89 Å². The quantitative estimate of drug-likeness (QED) is 0.753. The summed E-state index contributed by atoms with van der Waals surface area (Å²) in [5.74, 6) is 1.02. The van der Waals surface area contributed by atoms with Gasteiger partial charge in [-0.05, 0) is 23.2 Å². The first-order chi connectivity index (χ1) is 7.83. The number of nitrogens with zero attached hydrogens (tertiary/aromatic N) is 2. The van der Waals surface area contributed by atoms with E-state index in [0.717, 1.165) is 13.0 Å². The Morgan fingerprint density at radius 3 is 3.06 bits per heavy atom. The van der Waals surface area contributed by atoms with Gasteiger partial charge in [-0.3, -0.25) is 0 Å². The SMILES string of the molecule is Nc1noc(C2CNc3ccccc3C2)n1. The topological polar surface area (TPSA) is 77.0 Å². The molecule has 1 aliphatic rings. The molecule has 1 aromatic carbocycles. The van der Waals surface area contributed by atoms with Crippen molar-refractivity contribution in [1.82, 2.24) is 10.1 Å². The number of anilines is 2. The van der Waals surface area contributed by atoms with Crippen LogP contribution >= 0.6 is 0 Å². The van der Waals surface area contributed by atoms with Crippen LogP contribution in [0.3, 0.4) is 0 Å². The predicted octanol–water partition coefficient (Wildman–Crippen LogP) is 1.40. The summed E-state index contributed by atoms with van der Waals surface area (Å²) < 4.78 is 5.09. The molecule has 0 saturated heterocycles. The molecular formula is C11H12N4O. The second-order valence-electron chi connectivity index (χ2n) is 3.93. The van der Waals surface area contributed by atoms with Gasteiger partial charge in [-0.2, -0.15) is 4.98 Å². The van der Waals surface area contributed by atoms with Gasteiger partial charge in [-0.25, -0.2) is 0 Å². The van der Waals surface area contributed by atoms with Gasteiger partial charge in [0.25, 0.3) is 5.95 Å². The summed E-state index contributed by atoms with van der Waals surface area (Å²) in [6.07, 6.45) is 0.908. The Balaban J connectivity index is 1.88. The Labute approximate surface area is 92.7 Å². The summed E-state index contributed by atoms with van der Waals surface area (Å²) in [6.45, 7) is 0.804. The molecule has 0 bridgehead atoms. The van der Waals surface area contributed by atoms with E-state index in [4.69, 9.17) is 10.3 Å². The first kappa shape index (κ1) is 9.21. The van der Waals surface area contributed by atoms with E-state index in [1.54, 1.807) is 0 Å². The molecule has 3 N–H and O–H groups in total. The lowest BCUT2D eigenvalue weighted by Gasteiger charge is -2.23. The second-order valence-corrected chi connectivity index (χ2v) is 3.93. The van der Waals surface area contributed by atoms with Crippen LogP contribution in [0.2, 0.25) is 0 Å². The zero-order chi connectivity index (χ0) is 11.0. The van der Waals surface area contributed by atoms with Crippen LogP contribution < -0.4 is 11.1 Å². The van der Waals surface area contributed by atoms with E-state index in [9.17, 15) is 0 Å². The van der Waals surface area contributed by atoms with E-state index in [-0.39, 0.29) is 11.9 Å². The van der Waals surface area contributed by atoms with E-state index >= 15 is 0 Å². The minimum atomic E-state index is 0.203. The van der Waals surface area contributed by atoms with Crippen LogP contribution in [0.15, 0.2) is 28.8 Å². The van der Waals surface area contributed by atoms with Crippen molar-refractivity contribution in [3.05, 3.63) is 35.7 Å². The first-order valence-electron chi connectivity index (χ1n) is 5.24. The number of hydrogen-bond acceptors (Lipinski definition) is 5. The Hall–Kier alpha value is -2.04. The summed E-state index contributed by atoms with van der Waals surface area (Å²) in [5.41, 5.74) is 7.90. The second kappa shape index (κ2) is 3.52. The molecule has 1 aromatic heterocycles. The predicted molar refractivity (Wildman–Crippen MR) is 60.1 cm³/mol. The summed E-state index contributed by atoms with van der Waals surface area (Å²) in [7, 11) is 0. The summed E-state index contributed by atoms with van der Waals surface area (Å²) in [4.78, 5) is 4.07. The van der Waals surface area contributed by atoms with Gasteiger partial charge in [0.1, 0.15) is 0 Å². The van der Waals surface area contributed by atoms with Crippen LogP contribution in [0.25, 0.3) is 0 Å². The van der Waals surface area contributed by atoms with Gasteiger partial charge in [-0.1, -0.05) is 18.2 Å². The van der Waals surface area contributed by atoms with Crippen LogP contribution in [0.5, 0.6) is 0 Å². The molecule has 0 aliphatic carbocycles. The van der Waals surface area contributed by atoms with E-state index in [2.05, 4.69) is 27.6 Å². The van der Waals surface area contributed by atoms with Gasteiger partial charge in [0.15, 0.2) is 0 Å². The van der Waals surface area contributed by atoms with E-state index in [0.29, 0.717) is 5.89 Å². The monoisotopic (exact) mass is 216 g/mol. The molecule has 0 spiro atoms. The summed E-state index contributed by atoms with van der Waals surface area (Å²) in [5, 5.41) is 6.96. The number of fused-ring (bicyclic) bond motifs is 1. The lowest BCUT2D eigenvalue weighted by molar-refractivity contribution is 0.354. The molecule has 0 saturated carbocycles. The van der Waals surface area contributed by atoms with Crippen LogP contribution in [0.4, 0.5) is 11.6 Å². The number of nitrogens with one attached hydrogen (secondary N) is 1. The van der Waals surface area contributed by atoms with E-state index in [1.807, 2.05) is 12.1 Å². The third kappa shape index (κ3) is 1.50. The molecule has 82 valence electrons. The number of hydrogen-bond donors (Lipinski definition) is 2. The Morgan fingerprint density at radius 1 is 1.38 bits per heavy atom. The van der Waals surface area contributed by atoms with Crippen molar-refractivity contribution in [2.45, 2.75) is 12.3 Å². The Bertz CT molecular complexity index is 508. The number of para-hydroxylation sites is 1. The largest absolute Gasteiger partial charge is 0.384 e. The third-order valence-electron chi connectivity index (χ3n) is 2.83. The Morgan fingerprint density at radius 2 is 2.25 bits per heavy atom. The highest BCUT2D eigenvalue weighted by Gasteiger charge is 2.23. The van der Waals surface area contributed by atoms with Gasteiger partial charge >= 0.3 is 0 Å². The standard InChI is InChI=1S/C11H12N4O/c12-11-14-10(16-15-11)8-5-7-3-1-2-4-9(7)13-6-8/h1-4,8,13H,5-6H2,(H2,12,15). The molecule has 3 rings (SSSR count). The van der Waals surface area contributed by atoms with Crippen LogP contribution in [-0.2, 0) is 6.42 Å². The van der Waals surface area contributed by atoms with Crippen LogP contribution in [-0.4, -0.2) is 16.7 Å². The van der Waals surface area contributed by atoms with Gasteiger partial charge in [0.05, 0.1) is 5.92 Å². The zero-order valence-electron chi connectivity index (χ0n) is 8.68. The summed E-state index contributed by atoms with van der Waals surface area (Å²) in [6, 6.07) is 8.24. The molecule has 0 fully saturated rings. The molecule has 1 aliphatic heterocycles. The number of benzene rings is 1. The fourth-order valence-corrected chi connectivity index (χ4v) is 2.03. The van der Waals surface area contributed by atoms with Gasteiger partial charge < -0.3 is 15.6 Å². The molecule has 1 unspecified atom stereocenters. The van der Waals surface area contributed by atoms with Gasteiger partial charge in [-0.15, -0.1) is 0 Å².